The van der Waals surface area contributed by atoms with Gasteiger partial charge in [0.1, 0.15) is 5.04 Å². The molecule has 0 aliphatic rings. The van der Waals surface area contributed by atoms with Gasteiger partial charge in [-0.25, -0.2) is 0 Å². The number of hydrogen-bond donors (Lipinski definition) is 2. The van der Waals surface area contributed by atoms with Crippen molar-refractivity contribution in [3.8, 4) is 0 Å². The zero-order chi connectivity index (χ0) is 12.7. The zero-order valence-electron chi connectivity index (χ0n) is 10.7. The van der Waals surface area contributed by atoms with Gasteiger partial charge in [0, 0.05) is 12.8 Å². The van der Waals surface area contributed by atoms with E-state index in [9.17, 15) is 4.79 Å². The Kier molecular flexibility index (Phi) is 7.21. The van der Waals surface area contributed by atoms with E-state index in [2.05, 4.69) is 24.3 Å². The Bertz CT molecular complexity index is 252. The van der Waals surface area contributed by atoms with Crippen molar-refractivity contribution in [1.29, 1.82) is 0 Å². The molecular formula is C11H22N2O2S. The van der Waals surface area contributed by atoms with E-state index < -0.39 is 0 Å². The SMILES string of the molecule is CNC(=O)C(C(=NO)SCC(C)C)C(C)C. The lowest BCUT2D eigenvalue weighted by molar-refractivity contribution is -0.123. The minimum absolute atomic E-state index is 0.0981. The highest BCUT2D eigenvalue weighted by atomic mass is 32.2. The Labute approximate surface area is 102 Å². The summed E-state index contributed by atoms with van der Waals surface area (Å²) in [5, 5.41) is 15.4. The predicted octanol–water partition coefficient (Wildman–Crippen LogP) is 2.18. The summed E-state index contributed by atoms with van der Waals surface area (Å²) in [5.41, 5.74) is 0. The standard InChI is InChI=1S/C11H22N2O2S/c1-7(2)6-16-11(13-15)9(8(3)4)10(14)12-5/h7-9,15H,6H2,1-5H3,(H,12,14). The van der Waals surface area contributed by atoms with Gasteiger partial charge in [-0.15, -0.1) is 11.8 Å². The minimum atomic E-state index is -0.362. The molecule has 4 nitrogen and oxygen atoms in total. The van der Waals surface area contributed by atoms with E-state index in [1.165, 1.54) is 11.8 Å². The van der Waals surface area contributed by atoms with Gasteiger partial charge in [-0.05, 0) is 11.8 Å². The Morgan fingerprint density at radius 1 is 1.38 bits per heavy atom. The number of carbonyl (C=O) groups is 1. The van der Waals surface area contributed by atoms with Crippen LogP contribution in [0, 0.1) is 17.8 Å². The quantitative estimate of drug-likeness (QED) is 0.338. The van der Waals surface area contributed by atoms with Gasteiger partial charge in [-0.3, -0.25) is 4.79 Å². The average Bonchev–Trinajstić information content (AvgIpc) is 2.22. The molecule has 0 bridgehead atoms. The van der Waals surface area contributed by atoms with Crippen LogP contribution in [0.15, 0.2) is 5.16 Å². The maximum Gasteiger partial charge on any atom is 0.229 e. The lowest BCUT2D eigenvalue weighted by Crippen LogP contribution is -2.35. The molecule has 1 atom stereocenters. The maximum atomic E-state index is 11.7. The van der Waals surface area contributed by atoms with Crippen molar-refractivity contribution in [2.75, 3.05) is 12.8 Å². The number of amides is 1. The summed E-state index contributed by atoms with van der Waals surface area (Å²) in [6.45, 7) is 8.07. The number of carbonyl (C=O) groups excluding carboxylic acids is 1. The van der Waals surface area contributed by atoms with Crippen molar-refractivity contribution < 1.29 is 10.0 Å². The molecule has 1 amide bonds. The van der Waals surface area contributed by atoms with E-state index in [1.807, 2.05) is 13.8 Å². The van der Waals surface area contributed by atoms with Crippen LogP contribution in [-0.4, -0.2) is 29.0 Å². The monoisotopic (exact) mass is 246 g/mol. The fourth-order valence-corrected chi connectivity index (χ4v) is 2.41. The molecule has 2 N–H and O–H groups in total. The molecule has 94 valence electrons. The Balaban J connectivity index is 4.67. The van der Waals surface area contributed by atoms with E-state index in [-0.39, 0.29) is 17.7 Å². The normalized spacial score (nSPS) is 14.3. The molecule has 0 saturated heterocycles. The highest BCUT2D eigenvalue weighted by Gasteiger charge is 2.28. The summed E-state index contributed by atoms with van der Waals surface area (Å²) in [5.74, 6) is 1.00. The van der Waals surface area contributed by atoms with Crippen LogP contribution in [0.4, 0.5) is 0 Å². The van der Waals surface area contributed by atoms with Crippen LogP contribution in [0.2, 0.25) is 0 Å². The summed E-state index contributed by atoms with van der Waals surface area (Å²) in [7, 11) is 1.60. The number of nitrogens with one attached hydrogen (secondary N) is 1. The molecule has 0 fully saturated rings. The molecule has 0 heterocycles. The lowest BCUT2D eigenvalue weighted by atomic mass is 9.96. The fraction of sp³-hybridized carbons (Fsp3) is 0.818. The fourth-order valence-electron chi connectivity index (χ4n) is 1.29. The van der Waals surface area contributed by atoms with Crippen molar-refractivity contribution in [1.82, 2.24) is 5.32 Å². The topological polar surface area (TPSA) is 61.7 Å². The van der Waals surface area contributed by atoms with Crippen molar-refractivity contribution >= 4 is 22.7 Å². The first-order valence-corrected chi connectivity index (χ1v) is 6.48. The number of rotatable bonds is 5. The summed E-state index contributed by atoms with van der Waals surface area (Å²) in [6, 6.07) is 0. The minimum Gasteiger partial charge on any atom is -0.410 e. The number of nitrogens with zero attached hydrogens (tertiary/aromatic N) is 1. The maximum absolute atomic E-state index is 11.7. The summed E-state index contributed by atoms with van der Waals surface area (Å²) < 4.78 is 0. The number of thioether (sulfide) groups is 1. The first kappa shape index (κ1) is 15.3. The third-order valence-corrected chi connectivity index (χ3v) is 3.59. The van der Waals surface area contributed by atoms with Crippen LogP contribution < -0.4 is 5.32 Å². The van der Waals surface area contributed by atoms with E-state index >= 15 is 0 Å². The summed E-state index contributed by atoms with van der Waals surface area (Å²) in [6.07, 6.45) is 0. The van der Waals surface area contributed by atoms with Gasteiger partial charge in [0.15, 0.2) is 0 Å². The first-order chi connectivity index (χ1) is 7.43. The Morgan fingerprint density at radius 3 is 2.25 bits per heavy atom. The smallest absolute Gasteiger partial charge is 0.229 e. The van der Waals surface area contributed by atoms with Crippen LogP contribution in [0.1, 0.15) is 27.7 Å². The number of hydrogen-bond acceptors (Lipinski definition) is 4. The molecule has 0 aromatic heterocycles. The molecule has 0 aromatic rings. The van der Waals surface area contributed by atoms with Gasteiger partial charge in [-0.1, -0.05) is 32.9 Å². The molecule has 0 spiro atoms. The largest absolute Gasteiger partial charge is 0.410 e. The Hall–Kier alpha value is -0.710. The van der Waals surface area contributed by atoms with Gasteiger partial charge in [-0.2, -0.15) is 0 Å². The molecule has 0 aromatic carbocycles. The van der Waals surface area contributed by atoms with E-state index in [0.29, 0.717) is 11.0 Å². The van der Waals surface area contributed by atoms with Crippen LogP contribution in [0.5, 0.6) is 0 Å². The van der Waals surface area contributed by atoms with Gasteiger partial charge in [0.2, 0.25) is 5.91 Å². The second kappa shape index (κ2) is 7.54. The second-order valence-electron chi connectivity index (χ2n) is 4.48. The van der Waals surface area contributed by atoms with Gasteiger partial charge >= 0.3 is 0 Å². The molecular weight excluding hydrogens is 224 g/mol. The van der Waals surface area contributed by atoms with Gasteiger partial charge in [0.25, 0.3) is 0 Å². The zero-order valence-corrected chi connectivity index (χ0v) is 11.5. The van der Waals surface area contributed by atoms with Gasteiger partial charge < -0.3 is 10.5 Å². The molecule has 1 unspecified atom stereocenters. The molecule has 0 rings (SSSR count). The summed E-state index contributed by atoms with van der Waals surface area (Å²) >= 11 is 1.45. The van der Waals surface area contributed by atoms with Crippen molar-refractivity contribution in [3.63, 3.8) is 0 Å². The number of oxime groups is 1. The molecule has 0 radical (unpaired) electrons. The molecule has 16 heavy (non-hydrogen) atoms. The van der Waals surface area contributed by atoms with E-state index in [1.54, 1.807) is 7.05 Å². The highest BCUT2D eigenvalue weighted by Crippen LogP contribution is 2.22. The third-order valence-electron chi connectivity index (χ3n) is 2.12. The van der Waals surface area contributed by atoms with E-state index in [0.717, 1.165) is 5.75 Å². The average molecular weight is 246 g/mol. The van der Waals surface area contributed by atoms with Crippen LogP contribution in [0.3, 0.4) is 0 Å². The highest BCUT2D eigenvalue weighted by molar-refractivity contribution is 8.14. The summed E-state index contributed by atoms with van der Waals surface area (Å²) in [4.78, 5) is 11.7. The first-order valence-electron chi connectivity index (χ1n) is 5.50. The van der Waals surface area contributed by atoms with Crippen LogP contribution in [-0.2, 0) is 4.79 Å². The van der Waals surface area contributed by atoms with Crippen molar-refractivity contribution in [2.45, 2.75) is 27.7 Å². The molecule has 0 saturated carbocycles. The van der Waals surface area contributed by atoms with Crippen molar-refractivity contribution in [2.24, 2.45) is 22.9 Å². The molecule has 5 heteroatoms. The van der Waals surface area contributed by atoms with Crippen LogP contribution in [0.25, 0.3) is 0 Å². The predicted molar refractivity (Wildman–Crippen MR) is 68.9 cm³/mol. The lowest BCUT2D eigenvalue weighted by Gasteiger charge is -2.20. The van der Waals surface area contributed by atoms with Crippen LogP contribution >= 0.6 is 11.8 Å². The molecule has 0 aliphatic heterocycles. The van der Waals surface area contributed by atoms with Gasteiger partial charge in [0.05, 0.1) is 5.92 Å². The van der Waals surface area contributed by atoms with E-state index in [4.69, 9.17) is 5.21 Å². The second-order valence-corrected chi connectivity index (χ2v) is 5.52. The van der Waals surface area contributed by atoms with Crippen molar-refractivity contribution in [3.05, 3.63) is 0 Å². The Morgan fingerprint density at radius 2 is 1.94 bits per heavy atom. The third kappa shape index (κ3) is 4.88. The molecule has 0 aliphatic carbocycles.